The second-order valence-corrected chi connectivity index (χ2v) is 8.18. The van der Waals surface area contributed by atoms with Gasteiger partial charge in [0.1, 0.15) is 6.42 Å². The molecule has 1 aromatic carbocycles. The molecular formula is C21H24N4O2S. The molecule has 3 heterocycles. The van der Waals surface area contributed by atoms with Crippen molar-refractivity contribution in [2.75, 3.05) is 31.1 Å². The summed E-state index contributed by atoms with van der Waals surface area (Å²) < 4.78 is 5.72. The van der Waals surface area contributed by atoms with Crippen LogP contribution < -0.4 is 4.90 Å². The lowest BCUT2D eigenvalue weighted by molar-refractivity contribution is -0.131. The highest BCUT2D eigenvalue weighted by Crippen LogP contribution is 2.28. The average Bonchev–Trinajstić information content (AvgIpc) is 3.32. The van der Waals surface area contributed by atoms with E-state index in [-0.39, 0.29) is 12.3 Å². The van der Waals surface area contributed by atoms with Crippen LogP contribution in [0.1, 0.15) is 22.6 Å². The number of hydrogen-bond acceptors (Lipinski definition) is 6. The first-order chi connectivity index (χ1) is 13.5. The van der Waals surface area contributed by atoms with E-state index in [4.69, 9.17) is 4.42 Å². The Bertz CT molecular complexity index is 986. The van der Waals surface area contributed by atoms with Gasteiger partial charge < -0.3 is 14.2 Å². The van der Waals surface area contributed by atoms with Crippen LogP contribution in [0.15, 0.2) is 34.1 Å². The first-order valence-corrected chi connectivity index (χ1v) is 10.4. The third-order valence-corrected chi connectivity index (χ3v) is 6.17. The van der Waals surface area contributed by atoms with Crippen LogP contribution >= 0.6 is 11.3 Å². The Hall–Kier alpha value is -2.67. The lowest BCUT2D eigenvalue weighted by atomic mass is 10.1. The molecule has 28 heavy (non-hydrogen) atoms. The fourth-order valence-corrected chi connectivity index (χ4v) is 4.35. The van der Waals surface area contributed by atoms with Crippen molar-refractivity contribution >= 4 is 22.9 Å². The molecule has 146 valence electrons. The zero-order valence-electron chi connectivity index (χ0n) is 16.4. The maximum atomic E-state index is 12.7. The number of carbonyl (C=O) groups is 1. The molecule has 4 rings (SSSR count). The Labute approximate surface area is 168 Å². The van der Waals surface area contributed by atoms with E-state index in [2.05, 4.69) is 47.1 Å². The van der Waals surface area contributed by atoms with Crippen molar-refractivity contribution in [3.63, 3.8) is 0 Å². The van der Waals surface area contributed by atoms with Gasteiger partial charge >= 0.3 is 0 Å². The normalized spacial score (nSPS) is 14.5. The van der Waals surface area contributed by atoms with Crippen molar-refractivity contribution < 1.29 is 9.21 Å². The van der Waals surface area contributed by atoms with Gasteiger partial charge in [0.15, 0.2) is 0 Å². The fourth-order valence-electron chi connectivity index (χ4n) is 3.51. The van der Waals surface area contributed by atoms with Gasteiger partial charge in [0.05, 0.1) is 4.88 Å². The second kappa shape index (κ2) is 7.75. The fraction of sp³-hybridized carbons (Fsp3) is 0.381. The lowest BCUT2D eigenvalue weighted by Crippen LogP contribution is -2.49. The van der Waals surface area contributed by atoms with Gasteiger partial charge in [-0.1, -0.05) is 12.1 Å². The Balaban J connectivity index is 1.36. The number of rotatable bonds is 4. The Kier molecular flexibility index (Phi) is 5.17. The topological polar surface area (TPSA) is 62.5 Å². The van der Waals surface area contributed by atoms with Crippen molar-refractivity contribution in [3.05, 3.63) is 52.2 Å². The van der Waals surface area contributed by atoms with Crippen molar-refractivity contribution in [1.82, 2.24) is 15.1 Å². The minimum Gasteiger partial charge on any atom is -0.419 e. The van der Waals surface area contributed by atoms with Crippen LogP contribution in [0.5, 0.6) is 0 Å². The smallest absolute Gasteiger partial charge is 0.258 e. The zero-order valence-corrected chi connectivity index (χ0v) is 17.3. The molecule has 1 aliphatic heterocycles. The number of thiophene rings is 1. The van der Waals surface area contributed by atoms with Crippen molar-refractivity contribution in [2.24, 2.45) is 0 Å². The highest BCUT2D eigenvalue weighted by Gasteiger charge is 2.24. The van der Waals surface area contributed by atoms with Gasteiger partial charge in [0.2, 0.25) is 11.8 Å². The average molecular weight is 397 g/mol. The molecule has 0 unspecified atom stereocenters. The summed E-state index contributed by atoms with van der Waals surface area (Å²) in [6, 6.07) is 8.53. The molecule has 3 aromatic rings. The van der Waals surface area contributed by atoms with Gasteiger partial charge in [-0.15, -0.1) is 21.5 Å². The minimum absolute atomic E-state index is 0.0405. The molecule has 0 radical (unpaired) electrons. The summed E-state index contributed by atoms with van der Waals surface area (Å²) in [5.74, 6) is 0.915. The largest absolute Gasteiger partial charge is 0.419 e. The van der Waals surface area contributed by atoms with Gasteiger partial charge in [-0.05, 0) is 55.0 Å². The molecule has 1 amide bonds. The summed E-state index contributed by atoms with van der Waals surface area (Å²) >= 11 is 1.57. The van der Waals surface area contributed by atoms with Crippen LogP contribution in [0.25, 0.3) is 10.8 Å². The molecule has 0 aliphatic carbocycles. The SMILES string of the molecule is Cc1ccc(C)c(N2CCN(C(=O)Cc3nnc(-c4sccc4C)o3)CC2)c1. The van der Waals surface area contributed by atoms with Crippen LogP contribution in [0.4, 0.5) is 5.69 Å². The zero-order chi connectivity index (χ0) is 19.7. The maximum absolute atomic E-state index is 12.7. The summed E-state index contributed by atoms with van der Waals surface area (Å²) in [7, 11) is 0. The highest BCUT2D eigenvalue weighted by molar-refractivity contribution is 7.13. The maximum Gasteiger partial charge on any atom is 0.258 e. The van der Waals surface area contributed by atoms with E-state index in [0.29, 0.717) is 24.9 Å². The number of aryl methyl sites for hydroxylation is 3. The van der Waals surface area contributed by atoms with Gasteiger partial charge in [-0.3, -0.25) is 4.79 Å². The van der Waals surface area contributed by atoms with Gasteiger partial charge in [0, 0.05) is 31.9 Å². The van der Waals surface area contributed by atoms with Gasteiger partial charge in [0.25, 0.3) is 5.89 Å². The number of benzene rings is 1. The molecule has 7 heteroatoms. The molecule has 0 atom stereocenters. The van der Waals surface area contributed by atoms with Gasteiger partial charge in [-0.2, -0.15) is 0 Å². The molecule has 0 N–H and O–H groups in total. The Morgan fingerprint density at radius 2 is 1.86 bits per heavy atom. The number of aromatic nitrogens is 2. The molecule has 0 spiro atoms. The molecule has 1 saturated heterocycles. The summed E-state index contributed by atoms with van der Waals surface area (Å²) in [4.78, 5) is 17.9. The number of nitrogens with zero attached hydrogens (tertiary/aromatic N) is 4. The third kappa shape index (κ3) is 3.80. The van der Waals surface area contributed by atoms with Crippen LogP contribution in [0.2, 0.25) is 0 Å². The van der Waals surface area contributed by atoms with E-state index in [9.17, 15) is 4.79 Å². The van der Waals surface area contributed by atoms with E-state index in [1.54, 1.807) is 11.3 Å². The van der Waals surface area contributed by atoms with E-state index in [1.165, 1.54) is 16.8 Å². The van der Waals surface area contributed by atoms with E-state index < -0.39 is 0 Å². The lowest BCUT2D eigenvalue weighted by Gasteiger charge is -2.36. The van der Waals surface area contributed by atoms with Crippen molar-refractivity contribution in [1.29, 1.82) is 0 Å². The van der Waals surface area contributed by atoms with Crippen LogP contribution in [-0.4, -0.2) is 47.2 Å². The number of amides is 1. The Morgan fingerprint density at radius 3 is 2.57 bits per heavy atom. The van der Waals surface area contributed by atoms with E-state index >= 15 is 0 Å². The summed E-state index contributed by atoms with van der Waals surface area (Å²) in [6.07, 6.45) is 0.154. The Morgan fingerprint density at radius 1 is 1.07 bits per heavy atom. The third-order valence-electron chi connectivity index (χ3n) is 5.16. The molecule has 1 fully saturated rings. The van der Waals surface area contributed by atoms with E-state index in [0.717, 1.165) is 23.5 Å². The quantitative estimate of drug-likeness (QED) is 0.674. The van der Waals surface area contributed by atoms with E-state index in [1.807, 2.05) is 23.3 Å². The van der Waals surface area contributed by atoms with Crippen molar-refractivity contribution in [2.45, 2.75) is 27.2 Å². The van der Waals surface area contributed by atoms with Gasteiger partial charge in [-0.25, -0.2) is 0 Å². The number of anilines is 1. The minimum atomic E-state index is 0.0405. The van der Waals surface area contributed by atoms with Crippen molar-refractivity contribution in [3.8, 4) is 10.8 Å². The first-order valence-electron chi connectivity index (χ1n) is 9.48. The highest BCUT2D eigenvalue weighted by atomic mass is 32.1. The molecule has 6 nitrogen and oxygen atoms in total. The summed E-state index contributed by atoms with van der Waals surface area (Å²) in [5, 5.41) is 10.2. The molecular weight excluding hydrogens is 372 g/mol. The standard InChI is InChI=1S/C21H24N4O2S/c1-14-4-5-15(2)17(12-14)24-7-9-25(10-8-24)19(26)13-18-22-23-21(27-18)20-16(3)6-11-28-20/h4-6,11-12H,7-10,13H2,1-3H3. The molecule has 2 aromatic heterocycles. The van der Waals surface area contributed by atoms with Crippen LogP contribution in [0, 0.1) is 20.8 Å². The molecule has 1 aliphatic rings. The van der Waals surface area contributed by atoms with Crippen LogP contribution in [0.3, 0.4) is 0 Å². The molecule has 0 saturated carbocycles. The summed E-state index contributed by atoms with van der Waals surface area (Å²) in [5.41, 5.74) is 4.90. The first kappa shape index (κ1) is 18.7. The number of carbonyl (C=O) groups excluding carboxylic acids is 1. The second-order valence-electron chi connectivity index (χ2n) is 7.27. The molecule has 0 bridgehead atoms. The predicted octanol–water partition coefficient (Wildman–Crippen LogP) is 3.61. The van der Waals surface area contributed by atoms with Crippen LogP contribution in [-0.2, 0) is 11.2 Å². The number of hydrogen-bond donors (Lipinski definition) is 0. The summed E-state index contributed by atoms with van der Waals surface area (Å²) in [6.45, 7) is 9.33. The number of piperazine rings is 1. The predicted molar refractivity (Wildman–Crippen MR) is 111 cm³/mol. The monoisotopic (exact) mass is 396 g/mol.